The van der Waals surface area contributed by atoms with Gasteiger partial charge in [-0.25, -0.2) is 4.68 Å². The lowest BCUT2D eigenvalue weighted by atomic mass is 10.2. The molecule has 1 N–H and O–H groups in total. The molecule has 0 radical (unpaired) electrons. The van der Waals surface area contributed by atoms with Crippen molar-refractivity contribution in [2.45, 2.75) is 33.4 Å². The quantitative estimate of drug-likeness (QED) is 0.921. The monoisotopic (exact) mass is 297 g/mol. The van der Waals surface area contributed by atoms with Gasteiger partial charge in [-0.1, -0.05) is 18.5 Å². The molecule has 102 valence electrons. The molecular formula is C13H16ClN3OS. The summed E-state index contributed by atoms with van der Waals surface area (Å²) in [4.78, 5) is 11.9. The van der Waals surface area contributed by atoms with Gasteiger partial charge in [-0.3, -0.25) is 4.79 Å². The fraction of sp³-hybridized carbons (Fsp3) is 0.385. The minimum Gasteiger partial charge on any atom is -0.378 e. The van der Waals surface area contributed by atoms with E-state index in [1.165, 1.54) is 15.8 Å². The van der Waals surface area contributed by atoms with Crippen LogP contribution in [0.3, 0.4) is 0 Å². The first-order valence-corrected chi connectivity index (χ1v) is 7.46. The molecule has 0 unspecified atom stereocenters. The summed E-state index contributed by atoms with van der Waals surface area (Å²) in [7, 11) is 0. The van der Waals surface area contributed by atoms with Gasteiger partial charge < -0.3 is 5.32 Å². The molecule has 0 spiro atoms. The predicted molar refractivity (Wildman–Crippen MR) is 80.2 cm³/mol. The number of nitrogens with one attached hydrogen (secondary N) is 1. The number of aryl methyl sites for hydroxylation is 2. The van der Waals surface area contributed by atoms with E-state index >= 15 is 0 Å². The zero-order valence-corrected chi connectivity index (χ0v) is 12.5. The maximum atomic E-state index is 11.9. The highest BCUT2D eigenvalue weighted by molar-refractivity contribution is 7.08. The zero-order valence-electron chi connectivity index (χ0n) is 10.9. The molecule has 2 heterocycles. The van der Waals surface area contributed by atoms with E-state index in [4.69, 9.17) is 11.6 Å². The van der Waals surface area contributed by atoms with Gasteiger partial charge in [0, 0.05) is 13.1 Å². The van der Waals surface area contributed by atoms with Crippen LogP contribution < -0.4 is 10.9 Å². The van der Waals surface area contributed by atoms with E-state index in [0.717, 1.165) is 6.42 Å². The molecule has 6 heteroatoms. The molecule has 4 nitrogen and oxygen atoms in total. The molecule has 2 aromatic heterocycles. The summed E-state index contributed by atoms with van der Waals surface area (Å²) in [5.74, 6) is 0. The van der Waals surface area contributed by atoms with Crippen LogP contribution >= 0.6 is 22.9 Å². The van der Waals surface area contributed by atoms with Gasteiger partial charge in [-0.05, 0) is 35.2 Å². The highest BCUT2D eigenvalue weighted by Gasteiger charge is 2.09. The minimum atomic E-state index is -0.240. The van der Waals surface area contributed by atoms with Crippen LogP contribution in [0.1, 0.15) is 24.5 Å². The third-order valence-electron chi connectivity index (χ3n) is 2.85. The van der Waals surface area contributed by atoms with Crippen LogP contribution in [-0.4, -0.2) is 9.78 Å². The maximum Gasteiger partial charge on any atom is 0.287 e. The topological polar surface area (TPSA) is 46.9 Å². The number of hydrogen-bond acceptors (Lipinski definition) is 4. The average molecular weight is 298 g/mol. The molecule has 0 atom stereocenters. The summed E-state index contributed by atoms with van der Waals surface area (Å²) in [5.41, 5.74) is 2.79. The smallest absolute Gasteiger partial charge is 0.287 e. The van der Waals surface area contributed by atoms with E-state index < -0.39 is 0 Å². The lowest BCUT2D eigenvalue weighted by molar-refractivity contribution is 0.568. The Labute approximate surface area is 121 Å². The van der Waals surface area contributed by atoms with Crippen LogP contribution in [0.15, 0.2) is 21.8 Å². The van der Waals surface area contributed by atoms with Gasteiger partial charge in [0.25, 0.3) is 5.56 Å². The summed E-state index contributed by atoms with van der Waals surface area (Å²) in [6.07, 6.45) is 2.46. The van der Waals surface area contributed by atoms with Crippen molar-refractivity contribution in [1.29, 1.82) is 0 Å². The van der Waals surface area contributed by atoms with Gasteiger partial charge in [-0.15, -0.1) is 0 Å². The number of aromatic nitrogens is 2. The van der Waals surface area contributed by atoms with Crippen molar-refractivity contribution in [2.24, 2.45) is 0 Å². The predicted octanol–water partition coefficient (Wildman–Crippen LogP) is 3.29. The Hall–Kier alpha value is -1.33. The number of thiophene rings is 1. The van der Waals surface area contributed by atoms with Crippen LogP contribution in [0.25, 0.3) is 0 Å². The highest BCUT2D eigenvalue weighted by Crippen LogP contribution is 2.19. The van der Waals surface area contributed by atoms with E-state index in [1.807, 2.05) is 6.92 Å². The highest BCUT2D eigenvalue weighted by atomic mass is 35.5. The van der Waals surface area contributed by atoms with E-state index in [-0.39, 0.29) is 10.6 Å². The Morgan fingerprint density at radius 1 is 1.47 bits per heavy atom. The lowest BCUT2D eigenvalue weighted by Crippen LogP contribution is -2.24. The maximum absolute atomic E-state index is 11.9. The van der Waals surface area contributed by atoms with Gasteiger partial charge in [0.05, 0.1) is 11.9 Å². The molecule has 0 fully saturated rings. The Bertz CT molecular complexity index is 621. The van der Waals surface area contributed by atoms with Gasteiger partial charge in [-0.2, -0.15) is 16.4 Å². The molecule has 2 rings (SSSR count). The van der Waals surface area contributed by atoms with E-state index in [9.17, 15) is 4.79 Å². The number of nitrogens with zero attached hydrogens (tertiary/aromatic N) is 2. The van der Waals surface area contributed by atoms with Gasteiger partial charge in [0.1, 0.15) is 5.02 Å². The zero-order chi connectivity index (χ0) is 13.8. The molecule has 0 saturated carbocycles. The van der Waals surface area contributed by atoms with Crippen molar-refractivity contribution in [3.63, 3.8) is 0 Å². The van der Waals surface area contributed by atoms with Gasteiger partial charge in [0.15, 0.2) is 0 Å². The van der Waals surface area contributed by atoms with Crippen molar-refractivity contribution in [2.75, 3.05) is 5.32 Å². The van der Waals surface area contributed by atoms with Crippen LogP contribution in [0, 0.1) is 6.92 Å². The third kappa shape index (κ3) is 3.16. The van der Waals surface area contributed by atoms with Gasteiger partial charge in [0.2, 0.25) is 0 Å². The number of rotatable bonds is 5. The number of anilines is 1. The number of halogens is 1. The molecule has 0 aliphatic carbocycles. The second kappa shape index (κ2) is 6.21. The lowest BCUT2D eigenvalue weighted by Gasteiger charge is -2.09. The Morgan fingerprint density at radius 3 is 2.89 bits per heavy atom. The standard InChI is InChI=1S/C13H16ClN3OS/c1-3-4-17-13(18)12(14)11(6-16-17)15-5-10-8-19-7-9(10)2/h6-8,15H,3-5H2,1-2H3. The normalized spacial score (nSPS) is 10.7. The molecule has 0 amide bonds. The SMILES string of the molecule is CCCn1ncc(NCc2cscc2C)c(Cl)c1=O. The van der Waals surface area contributed by atoms with Crippen molar-refractivity contribution in [1.82, 2.24) is 9.78 Å². The molecule has 0 aliphatic rings. The van der Waals surface area contributed by atoms with E-state index in [1.54, 1.807) is 17.5 Å². The molecule has 2 aromatic rings. The van der Waals surface area contributed by atoms with Gasteiger partial charge >= 0.3 is 0 Å². The molecular weight excluding hydrogens is 282 g/mol. The first-order valence-electron chi connectivity index (χ1n) is 6.14. The van der Waals surface area contributed by atoms with Crippen molar-refractivity contribution >= 4 is 28.6 Å². The molecule has 0 aromatic carbocycles. The summed E-state index contributed by atoms with van der Waals surface area (Å²) in [6.45, 7) is 5.29. The molecule has 0 bridgehead atoms. The van der Waals surface area contributed by atoms with Crippen molar-refractivity contribution in [3.05, 3.63) is 43.5 Å². The number of hydrogen-bond donors (Lipinski definition) is 1. The third-order valence-corrected chi connectivity index (χ3v) is 4.13. The van der Waals surface area contributed by atoms with Crippen LogP contribution in [0.5, 0.6) is 0 Å². The summed E-state index contributed by atoms with van der Waals surface area (Å²) in [5, 5.41) is 11.7. The van der Waals surface area contributed by atoms with Crippen molar-refractivity contribution in [3.8, 4) is 0 Å². The Morgan fingerprint density at radius 2 is 2.26 bits per heavy atom. The second-order valence-corrected chi connectivity index (χ2v) is 5.46. The second-order valence-electron chi connectivity index (χ2n) is 4.33. The van der Waals surface area contributed by atoms with E-state index in [2.05, 4.69) is 28.1 Å². The first kappa shape index (κ1) is 14.1. The molecule has 19 heavy (non-hydrogen) atoms. The summed E-state index contributed by atoms with van der Waals surface area (Å²) >= 11 is 7.74. The first-order chi connectivity index (χ1) is 9.13. The van der Waals surface area contributed by atoms with Crippen LogP contribution in [0.2, 0.25) is 5.02 Å². The van der Waals surface area contributed by atoms with Crippen LogP contribution in [0.4, 0.5) is 5.69 Å². The molecule has 0 saturated heterocycles. The van der Waals surface area contributed by atoms with Crippen molar-refractivity contribution < 1.29 is 0 Å². The Balaban J connectivity index is 2.16. The summed E-state index contributed by atoms with van der Waals surface area (Å²) < 4.78 is 1.39. The minimum absolute atomic E-state index is 0.205. The molecule has 0 aliphatic heterocycles. The fourth-order valence-electron chi connectivity index (χ4n) is 1.72. The summed E-state index contributed by atoms with van der Waals surface area (Å²) in [6, 6.07) is 0. The largest absolute Gasteiger partial charge is 0.378 e. The van der Waals surface area contributed by atoms with E-state index in [0.29, 0.717) is 18.8 Å². The average Bonchev–Trinajstić information content (AvgIpc) is 2.80. The van der Waals surface area contributed by atoms with Crippen LogP contribution in [-0.2, 0) is 13.1 Å². The fourth-order valence-corrected chi connectivity index (χ4v) is 2.79. The Kier molecular flexibility index (Phi) is 4.61.